The summed E-state index contributed by atoms with van der Waals surface area (Å²) in [5.41, 5.74) is 0. The van der Waals surface area contributed by atoms with E-state index in [1.807, 2.05) is 12.1 Å². The quantitative estimate of drug-likeness (QED) is 0.433. The average Bonchev–Trinajstić information content (AvgIpc) is 3.05. The fraction of sp³-hybridized carbons (Fsp3) is 0.444. The summed E-state index contributed by atoms with van der Waals surface area (Å²) in [6.45, 7) is 1.89. The minimum absolute atomic E-state index is 0.0654. The van der Waals surface area contributed by atoms with Crippen molar-refractivity contribution in [2.75, 3.05) is 6.61 Å². The summed E-state index contributed by atoms with van der Waals surface area (Å²) in [6.07, 6.45) is -0.910. The zero-order valence-corrected chi connectivity index (χ0v) is 19.0. The van der Waals surface area contributed by atoms with Gasteiger partial charge in [0.2, 0.25) is 0 Å². The van der Waals surface area contributed by atoms with Crippen LogP contribution in [0.3, 0.4) is 0 Å². The van der Waals surface area contributed by atoms with Gasteiger partial charge in [-0.15, -0.1) is 47.0 Å². The van der Waals surface area contributed by atoms with Crippen LogP contribution in [0, 0.1) is 0 Å². The van der Waals surface area contributed by atoms with Gasteiger partial charge in [-0.1, -0.05) is 0 Å². The Balaban J connectivity index is 1.87. The highest BCUT2D eigenvalue weighted by Crippen LogP contribution is 2.65. The summed E-state index contributed by atoms with van der Waals surface area (Å²) < 4.78 is 3.05. The maximum atomic E-state index is 12.1. The molecule has 3 rings (SSSR count). The molecule has 3 N–H and O–H groups in total. The van der Waals surface area contributed by atoms with E-state index < -0.39 is 32.0 Å². The predicted molar refractivity (Wildman–Crippen MR) is 113 cm³/mol. The average molecular weight is 491 g/mol. The first kappa shape index (κ1) is 23.2. The molecule has 1 aromatic carbocycles. The summed E-state index contributed by atoms with van der Waals surface area (Å²) in [6, 6.07) is 3.67. The van der Waals surface area contributed by atoms with E-state index in [9.17, 15) is 34.5 Å². The highest BCUT2D eigenvalue weighted by molar-refractivity contribution is 8.21. The summed E-state index contributed by atoms with van der Waals surface area (Å²) in [4.78, 5) is 49.2. The molecule has 0 radical (unpaired) electrons. The molecule has 2 heterocycles. The molecule has 0 atom stereocenters. The van der Waals surface area contributed by atoms with Crippen molar-refractivity contribution in [1.82, 2.24) is 0 Å². The molecule has 1 aromatic rings. The lowest BCUT2D eigenvalue weighted by Gasteiger charge is -2.24. The first-order chi connectivity index (χ1) is 14.1. The van der Waals surface area contributed by atoms with E-state index in [0.717, 1.165) is 19.6 Å². The fourth-order valence-electron chi connectivity index (χ4n) is 3.22. The molecule has 0 amide bonds. The number of benzene rings is 1. The highest BCUT2D eigenvalue weighted by atomic mass is 32.2. The third-order valence-electron chi connectivity index (χ3n) is 4.17. The number of carbonyl (C=O) groups excluding carboxylic acids is 1. The van der Waals surface area contributed by atoms with E-state index >= 15 is 0 Å². The van der Waals surface area contributed by atoms with Gasteiger partial charge in [-0.2, -0.15) is 0 Å². The molecule has 0 unspecified atom stereocenters. The molecule has 0 saturated heterocycles. The Morgan fingerprint density at radius 3 is 1.37 bits per heavy atom. The van der Waals surface area contributed by atoms with Gasteiger partial charge in [-0.3, -0.25) is 19.2 Å². The van der Waals surface area contributed by atoms with Crippen LogP contribution in [0.25, 0.3) is 0 Å². The Kier molecular flexibility index (Phi) is 6.90. The van der Waals surface area contributed by atoms with Gasteiger partial charge >= 0.3 is 23.9 Å². The molecule has 30 heavy (non-hydrogen) atoms. The number of carboxylic acid groups (broad SMARTS) is 3. The Labute approximate surface area is 188 Å². The molecule has 0 aliphatic carbocycles. The monoisotopic (exact) mass is 490 g/mol. The highest BCUT2D eigenvalue weighted by Gasteiger charge is 2.47. The number of thioether (sulfide) groups is 4. The Bertz CT molecular complexity index is 863. The van der Waals surface area contributed by atoms with E-state index in [1.54, 1.807) is 6.92 Å². The van der Waals surface area contributed by atoms with Gasteiger partial charge in [0.15, 0.2) is 0 Å². The Morgan fingerprint density at radius 1 is 0.733 bits per heavy atom. The third-order valence-corrected chi connectivity index (χ3v) is 10.3. The molecular weight excluding hydrogens is 472 g/mol. The lowest BCUT2D eigenvalue weighted by molar-refractivity contribution is -0.144. The topological polar surface area (TPSA) is 138 Å². The number of hydrogen-bond donors (Lipinski definition) is 3. The van der Waals surface area contributed by atoms with Crippen LogP contribution >= 0.6 is 47.0 Å². The van der Waals surface area contributed by atoms with Crippen molar-refractivity contribution in [3.8, 4) is 0 Å². The SMILES string of the molecule is CCOC(=O)CC1(CC(=O)O)Sc2cc3c(cc2S1)SC(CC(=O)O)(CC(=O)O)S3. The van der Waals surface area contributed by atoms with Crippen molar-refractivity contribution in [2.24, 2.45) is 0 Å². The van der Waals surface area contributed by atoms with Crippen LogP contribution in [0.15, 0.2) is 31.7 Å². The van der Waals surface area contributed by atoms with E-state index in [0.29, 0.717) is 0 Å². The van der Waals surface area contributed by atoms with Crippen LogP contribution in [0.5, 0.6) is 0 Å². The number of rotatable bonds is 9. The van der Waals surface area contributed by atoms with E-state index in [4.69, 9.17) is 4.74 Å². The lowest BCUT2D eigenvalue weighted by atomic mass is 10.2. The number of hydrogen-bond acceptors (Lipinski definition) is 9. The first-order valence-corrected chi connectivity index (χ1v) is 12.1. The second-order valence-electron chi connectivity index (χ2n) is 6.67. The second kappa shape index (κ2) is 8.93. The molecule has 8 nitrogen and oxygen atoms in total. The molecule has 0 spiro atoms. The van der Waals surface area contributed by atoms with Gasteiger partial charge < -0.3 is 20.1 Å². The molecule has 0 saturated carbocycles. The van der Waals surface area contributed by atoms with Crippen LogP contribution in [0.2, 0.25) is 0 Å². The molecule has 162 valence electrons. The van der Waals surface area contributed by atoms with E-state index in [1.165, 1.54) is 47.0 Å². The Morgan fingerprint density at radius 2 is 1.07 bits per heavy atom. The van der Waals surface area contributed by atoms with Crippen molar-refractivity contribution >= 4 is 70.9 Å². The van der Waals surface area contributed by atoms with Crippen molar-refractivity contribution in [2.45, 2.75) is 60.3 Å². The fourth-order valence-corrected chi connectivity index (χ4v) is 9.78. The zero-order chi connectivity index (χ0) is 22.1. The van der Waals surface area contributed by atoms with Gasteiger partial charge in [0.1, 0.15) is 0 Å². The smallest absolute Gasteiger partial charge is 0.308 e. The largest absolute Gasteiger partial charge is 0.481 e. The minimum Gasteiger partial charge on any atom is -0.481 e. The van der Waals surface area contributed by atoms with Crippen molar-refractivity contribution in [1.29, 1.82) is 0 Å². The lowest BCUT2D eigenvalue weighted by Crippen LogP contribution is -2.26. The molecular formula is C18H18O8S4. The number of esters is 1. The minimum atomic E-state index is -1.07. The predicted octanol–water partition coefficient (Wildman–Crippen LogP) is 3.85. The van der Waals surface area contributed by atoms with E-state index in [-0.39, 0.29) is 32.3 Å². The van der Waals surface area contributed by atoms with Gasteiger partial charge in [0, 0.05) is 19.6 Å². The van der Waals surface area contributed by atoms with Crippen LogP contribution in [0.1, 0.15) is 32.6 Å². The van der Waals surface area contributed by atoms with Gasteiger partial charge in [0.25, 0.3) is 0 Å². The molecule has 0 bridgehead atoms. The molecule has 2 aliphatic heterocycles. The molecule has 2 aliphatic rings. The van der Waals surface area contributed by atoms with Gasteiger partial charge in [-0.05, 0) is 19.1 Å². The number of carbonyl (C=O) groups is 4. The van der Waals surface area contributed by atoms with Crippen molar-refractivity contribution in [3.63, 3.8) is 0 Å². The summed E-state index contributed by atoms with van der Waals surface area (Å²) >= 11 is 5.00. The maximum Gasteiger partial charge on any atom is 0.308 e. The number of fused-ring (bicyclic) bond motifs is 2. The van der Waals surface area contributed by atoms with Crippen LogP contribution < -0.4 is 0 Å². The second-order valence-corrected chi connectivity index (χ2v) is 12.9. The van der Waals surface area contributed by atoms with Gasteiger partial charge in [-0.25, -0.2) is 0 Å². The van der Waals surface area contributed by atoms with Gasteiger partial charge in [0.05, 0.1) is 40.4 Å². The standard InChI is InChI=1S/C18H18O8S4/c1-2-26-16(25)8-18(7-15(23)24)29-11-3-9-10(4-12(11)30-18)28-17(27-9,5-13(19)20)6-14(21)22/h3-4H,2,5-8H2,1H3,(H,19,20)(H,21,22)(H,23,24). The van der Waals surface area contributed by atoms with Crippen molar-refractivity contribution < 1.29 is 39.2 Å². The summed E-state index contributed by atoms with van der Waals surface area (Å²) in [5.74, 6) is -3.64. The first-order valence-electron chi connectivity index (χ1n) is 8.80. The summed E-state index contributed by atoms with van der Waals surface area (Å²) in [7, 11) is 0. The molecule has 12 heteroatoms. The van der Waals surface area contributed by atoms with Crippen LogP contribution in [0.4, 0.5) is 0 Å². The van der Waals surface area contributed by atoms with Crippen LogP contribution in [-0.2, 0) is 23.9 Å². The summed E-state index contributed by atoms with van der Waals surface area (Å²) in [5, 5.41) is 27.9. The molecule has 0 aromatic heterocycles. The van der Waals surface area contributed by atoms with E-state index in [2.05, 4.69) is 0 Å². The van der Waals surface area contributed by atoms with Crippen molar-refractivity contribution in [3.05, 3.63) is 12.1 Å². The Hall–Kier alpha value is -1.50. The maximum absolute atomic E-state index is 12.1. The normalized spacial score (nSPS) is 17.8. The van der Waals surface area contributed by atoms with Crippen LogP contribution in [-0.4, -0.2) is 54.0 Å². The number of ether oxygens (including phenoxy) is 1. The number of aliphatic carboxylic acids is 3. The molecule has 0 fully saturated rings. The zero-order valence-electron chi connectivity index (χ0n) is 15.7. The third kappa shape index (κ3) is 5.21. The number of carboxylic acids is 3.